The Bertz CT molecular complexity index is 317. The highest BCUT2D eigenvalue weighted by Crippen LogP contribution is 2.20. The Hall–Kier alpha value is -1.58. The molecule has 0 atom stereocenters. The van der Waals surface area contributed by atoms with Crippen molar-refractivity contribution in [2.45, 2.75) is 64.4 Å². The van der Waals surface area contributed by atoms with Crippen molar-refractivity contribution in [1.29, 1.82) is 0 Å². The van der Waals surface area contributed by atoms with Gasteiger partial charge in [-0.3, -0.25) is 0 Å². The first-order valence-electron chi connectivity index (χ1n) is 7.76. The van der Waals surface area contributed by atoms with E-state index in [2.05, 4.69) is 20.1 Å². The molecule has 0 heterocycles. The molecule has 4 heteroatoms. The van der Waals surface area contributed by atoms with E-state index >= 15 is 0 Å². The van der Waals surface area contributed by atoms with Gasteiger partial charge in [0.1, 0.15) is 6.10 Å². The quantitative estimate of drug-likeness (QED) is 0.405. The minimum atomic E-state index is -0.323. The van der Waals surface area contributed by atoms with E-state index in [9.17, 15) is 9.59 Å². The number of hydrogen-bond donors (Lipinski definition) is 0. The molecule has 0 aromatic heterocycles. The zero-order valence-electron chi connectivity index (χ0n) is 13.1. The predicted molar refractivity (Wildman–Crippen MR) is 83.8 cm³/mol. The first-order chi connectivity index (χ1) is 10.1. The maximum Gasteiger partial charge on any atom is 0.330 e. The molecule has 0 amide bonds. The number of ether oxygens (including phenoxy) is 2. The van der Waals surface area contributed by atoms with Crippen LogP contribution in [-0.2, 0) is 19.1 Å². The van der Waals surface area contributed by atoms with Gasteiger partial charge in [-0.25, -0.2) is 9.59 Å². The van der Waals surface area contributed by atoms with Gasteiger partial charge in [-0.2, -0.15) is 0 Å². The summed E-state index contributed by atoms with van der Waals surface area (Å²) in [5, 5.41) is 0. The largest absolute Gasteiger partial charge is 0.463 e. The highest BCUT2D eigenvalue weighted by Gasteiger charge is 2.15. The number of carbonyl (C=O) groups excluding carboxylic acids is 2. The maximum atomic E-state index is 10.7. The topological polar surface area (TPSA) is 52.6 Å². The number of unbranched alkanes of at least 4 members (excludes halogenated alkanes) is 2. The monoisotopic (exact) mass is 296 g/mol. The minimum Gasteiger partial charge on any atom is -0.463 e. The molecular formula is C17H28O4. The summed E-state index contributed by atoms with van der Waals surface area (Å²) in [6, 6.07) is 0. The summed E-state index contributed by atoms with van der Waals surface area (Å²) in [5.74, 6) is -0.604. The molecule has 21 heavy (non-hydrogen) atoms. The molecule has 0 spiro atoms. The van der Waals surface area contributed by atoms with Gasteiger partial charge in [-0.05, 0) is 32.1 Å². The second-order valence-corrected chi connectivity index (χ2v) is 4.98. The Balaban J connectivity index is 0.000000384. The van der Waals surface area contributed by atoms with Crippen LogP contribution in [-0.4, -0.2) is 24.6 Å². The number of rotatable bonds is 7. The molecule has 0 N–H and O–H groups in total. The summed E-state index contributed by atoms with van der Waals surface area (Å²) in [5.41, 5.74) is 0. The van der Waals surface area contributed by atoms with Crippen molar-refractivity contribution in [2.24, 2.45) is 0 Å². The molecule has 120 valence electrons. The molecule has 1 rings (SSSR count). The molecule has 1 aliphatic carbocycles. The summed E-state index contributed by atoms with van der Waals surface area (Å²) in [6.07, 6.45) is 11.5. The molecule has 0 unspecified atom stereocenters. The van der Waals surface area contributed by atoms with Crippen molar-refractivity contribution in [1.82, 2.24) is 0 Å². The van der Waals surface area contributed by atoms with Crippen LogP contribution in [0.4, 0.5) is 0 Å². The molecular weight excluding hydrogens is 268 g/mol. The third-order valence-electron chi connectivity index (χ3n) is 3.16. The van der Waals surface area contributed by atoms with E-state index in [-0.39, 0.29) is 18.0 Å². The fourth-order valence-corrected chi connectivity index (χ4v) is 1.98. The lowest BCUT2D eigenvalue weighted by Gasteiger charge is -2.20. The molecule has 1 fully saturated rings. The van der Waals surface area contributed by atoms with E-state index < -0.39 is 0 Å². The Labute approximate surface area is 128 Å². The summed E-state index contributed by atoms with van der Waals surface area (Å²) >= 11 is 0. The molecule has 0 aromatic carbocycles. The van der Waals surface area contributed by atoms with E-state index in [1.807, 2.05) is 0 Å². The molecule has 0 radical (unpaired) electrons. The van der Waals surface area contributed by atoms with E-state index in [0.717, 1.165) is 32.1 Å². The van der Waals surface area contributed by atoms with Gasteiger partial charge in [0, 0.05) is 12.2 Å². The predicted octanol–water partition coefficient (Wildman–Crippen LogP) is 3.95. The standard InChI is InChI=1S/C9H14O2.C8H14O2/c1-2-9(10)11-8-6-4-3-5-7-8;1-3-5-6-7-10-8(9)4-2/h2,8H,1,3-7H2;4H,2-3,5-7H2,1H3. The third-order valence-corrected chi connectivity index (χ3v) is 3.16. The van der Waals surface area contributed by atoms with Gasteiger partial charge in [0.05, 0.1) is 6.61 Å². The smallest absolute Gasteiger partial charge is 0.330 e. The highest BCUT2D eigenvalue weighted by molar-refractivity contribution is 5.81. The number of carbonyl (C=O) groups is 2. The van der Waals surface area contributed by atoms with Gasteiger partial charge in [-0.1, -0.05) is 39.3 Å². The second-order valence-electron chi connectivity index (χ2n) is 4.98. The van der Waals surface area contributed by atoms with Crippen molar-refractivity contribution in [2.75, 3.05) is 6.61 Å². The van der Waals surface area contributed by atoms with Crippen LogP contribution in [0.5, 0.6) is 0 Å². The lowest BCUT2D eigenvalue weighted by atomic mass is 9.98. The Morgan fingerprint density at radius 2 is 1.67 bits per heavy atom. The van der Waals surface area contributed by atoms with Gasteiger partial charge >= 0.3 is 11.9 Å². The minimum absolute atomic E-state index is 0.161. The Morgan fingerprint density at radius 1 is 1.05 bits per heavy atom. The lowest BCUT2D eigenvalue weighted by molar-refractivity contribution is -0.144. The van der Waals surface area contributed by atoms with Gasteiger partial charge < -0.3 is 9.47 Å². The van der Waals surface area contributed by atoms with Crippen LogP contribution in [0, 0.1) is 0 Å². The van der Waals surface area contributed by atoms with Gasteiger partial charge in [0.25, 0.3) is 0 Å². The average Bonchev–Trinajstić information content (AvgIpc) is 2.52. The molecule has 1 saturated carbocycles. The Kier molecular flexibility index (Phi) is 12.4. The Morgan fingerprint density at radius 3 is 2.19 bits per heavy atom. The number of esters is 2. The van der Waals surface area contributed by atoms with Crippen LogP contribution in [0.3, 0.4) is 0 Å². The second kappa shape index (κ2) is 13.4. The summed E-state index contributed by atoms with van der Waals surface area (Å²) in [6.45, 7) is 9.27. The van der Waals surface area contributed by atoms with Crippen LogP contribution in [0.2, 0.25) is 0 Å². The first kappa shape index (κ1) is 19.4. The van der Waals surface area contributed by atoms with Crippen LogP contribution >= 0.6 is 0 Å². The van der Waals surface area contributed by atoms with Crippen LogP contribution in [0.1, 0.15) is 58.3 Å². The first-order valence-corrected chi connectivity index (χ1v) is 7.76. The molecule has 0 aliphatic heterocycles. The van der Waals surface area contributed by atoms with Gasteiger partial charge in [0.2, 0.25) is 0 Å². The SMILES string of the molecule is C=CC(=O)OC1CCCCC1.C=CC(=O)OCCCCC. The van der Waals surface area contributed by atoms with E-state index in [1.165, 1.54) is 31.4 Å². The van der Waals surface area contributed by atoms with Crippen molar-refractivity contribution >= 4 is 11.9 Å². The van der Waals surface area contributed by atoms with Gasteiger partial charge in [-0.15, -0.1) is 0 Å². The normalized spacial score (nSPS) is 14.3. The molecule has 0 aromatic rings. The zero-order valence-corrected chi connectivity index (χ0v) is 13.1. The maximum absolute atomic E-state index is 10.7. The third kappa shape index (κ3) is 11.9. The molecule has 4 nitrogen and oxygen atoms in total. The van der Waals surface area contributed by atoms with E-state index in [0.29, 0.717) is 6.61 Å². The van der Waals surface area contributed by atoms with Crippen molar-refractivity contribution in [3.63, 3.8) is 0 Å². The fourth-order valence-electron chi connectivity index (χ4n) is 1.98. The van der Waals surface area contributed by atoms with Crippen molar-refractivity contribution < 1.29 is 19.1 Å². The lowest BCUT2D eigenvalue weighted by Crippen LogP contribution is -2.19. The van der Waals surface area contributed by atoms with Crippen molar-refractivity contribution in [3.8, 4) is 0 Å². The van der Waals surface area contributed by atoms with Crippen molar-refractivity contribution in [3.05, 3.63) is 25.3 Å². The van der Waals surface area contributed by atoms with Crippen LogP contribution in [0.15, 0.2) is 25.3 Å². The molecule has 0 saturated heterocycles. The number of hydrogen-bond acceptors (Lipinski definition) is 4. The zero-order chi connectivity index (χ0) is 15.9. The molecule has 1 aliphatic rings. The average molecular weight is 296 g/mol. The molecule has 0 bridgehead atoms. The summed E-state index contributed by atoms with van der Waals surface area (Å²) in [4.78, 5) is 21.2. The van der Waals surface area contributed by atoms with Crippen LogP contribution < -0.4 is 0 Å². The highest BCUT2D eigenvalue weighted by atomic mass is 16.5. The van der Waals surface area contributed by atoms with Crippen LogP contribution in [0.25, 0.3) is 0 Å². The fraction of sp³-hybridized carbons (Fsp3) is 0.647. The summed E-state index contributed by atoms with van der Waals surface area (Å²) < 4.78 is 9.82. The summed E-state index contributed by atoms with van der Waals surface area (Å²) in [7, 11) is 0. The van der Waals surface area contributed by atoms with E-state index in [1.54, 1.807) is 0 Å². The van der Waals surface area contributed by atoms with Gasteiger partial charge in [0.15, 0.2) is 0 Å². The van der Waals surface area contributed by atoms with E-state index in [4.69, 9.17) is 9.47 Å².